The summed E-state index contributed by atoms with van der Waals surface area (Å²) >= 11 is 2.06. The van der Waals surface area contributed by atoms with Gasteiger partial charge >= 0.3 is 0 Å². The number of hydrogen-bond acceptors (Lipinski definition) is 5. The molecule has 1 fully saturated rings. The van der Waals surface area contributed by atoms with Gasteiger partial charge in [-0.1, -0.05) is 13.8 Å². The molecule has 5 heteroatoms. The Morgan fingerprint density at radius 3 is 2.67 bits per heavy atom. The molecule has 1 saturated heterocycles. The van der Waals surface area contributed by atoms with Gasteiger partial charge in [-0.3, -0.25) is 4.90 Å². The highest BCUT2D eigenvalue weighted by atomic mass is 32.2. The molecule has 0 saturated carbocycles. The summed E-state index contributed by atoms with van der Waals surface area (Å²) in [6, 6.07) is 3.95. The first-order valence-electron chi connectivity index (χ1n) is 7.58. The van der Waals surface area contributed by atoms with Crippen LogP contribution in [0.5, 0.6) is 11.5 Å². The zero-order valence-electron chi connectivity index (χ0n) is 12.9. The van der Waals surface area contributed by atoms with E-state index in [0.717, 1.165) is 42.4 Å². The topological polar surface area (TPSA) is 47.7 Å². The van der Waals surface area contributed by atoms with Gasteiger partial charge in [0.15, 0.2) is 11.5 Å². The number of thioether (sulfide) groups is 1. The first-order valence-corrected chi connectivity index (χ1v) is 8.56. The Kier molecular flexibility index (Phi) is 4.22. The van der Waals surface area contributed by atoms with Crippen molar-refractivity contribution in [2.75, 3.05) is 37.8 Å². The fourth-order valence-electron chi connectivity index (χ4n) is 2.74. The van der Waals surface area contributed by atoms with Crippen LogP contribution in [0.1, 0.15) is 25.8 Å². The third kappa shape index (κ3) is 3.58. The first kappa shape index (κ1) is 14.9. The number of hydrogen-bond donors (Lipinski definition) is 1. The summed E-state index contributed by atoms with van der Waals surface area (Å²) in [6.07, 6.45) is 1.21. The number of nitrogens with two attached hydrogens (primary N) is 1. The van der Waals surface area contributed by atoms with E-state index in [-0.39, 0.29) is 0 Å². The fraction of sp³-hybridized carbons (Fsp3) is 0.625. The summed E-state index contributed by atoms with van der Waals surface area (Å²) < 4.78 is 11.6. The number of nitrogen functional groups attached to an aromatic ring is 1. The standard InChI is InChI=1S/C16H24N2O2S/c1-16(2)3-4-18(5-8-21-16)11-12-9-14-15(10-13(12)17)20-7-6-19-14/h9-10H,3-8,11,17H2,1-2H3. The Morgan fingerprint density at radius 1 is 1.19 bits per heavy atom. The van der Waals surface area contributed by atoms with Crippen LogP contribution in [-0.4, -0.2) is 41.7 Å². The first-order chi connectivity index (χ1) is 10.0. The third-order valence-corrected chi connectivity index (χ3v) is 5.50. The Labute approximate surface area is 131 Å². The lowest BCUT2D eigenvalue weighted by atomic mass is 10.1. The Bertz CT molecular complexity index is 519. The maximum Gasteiger partial charge on any atom is 0.163 e. The largest absolute Gasteiger partial charge is 0.486 e. The van der Waals surface area contributed by atoms with E-state index in [1.54, 1.807) is 0 Å². The van der Waals surface area contributed by atoms with Gasteiger partial charge in [-0.05, 0) is 24.6 Å². The van der Waals surface area contributed by atoms with Gasteiger partial charge in [0.05, 0.1) is 0 Å². The predicted octanol–water partition coefficient (Wildman–Crippen LogP) is 2.76. The van der Waals surface area contributed by atoms with Crippen LogP contribution in [-0.2, 0) is 6.54 Å². The summed E-state index contributed by atoms with van der Waals surface area (Å²) in [5.74, 6) is 2.78. The molecule has 0 unspecified atom stereocenters. The summed E-state index contributed by atoms with van der Waals surface area (Å²) in [4.78, 5) is 2.49. The highest BCUT2D eigenvalue weighted by Crippen LogP contribution is 2.36. The Hall–Kier alpha value is -1.07. The molecule has 2 heterocycles. The van der Waals surface area contributed by atoms with Gasteiger partial charge in [-0.2, -0.15) is 11.8 Å². The van der Waals surface area contributed by atoms with Gasteiger partial charge in [0.1, 0.15) is 13.2 Å². The van der Waals surface area contributed by atoms with Gasteiger partial charge in [-0.15, -0.1) is 0 Å². The number of ether oxygens (including phenoxy) is 2. The van der Waals surface area contributed by atoms with E-state index < -0.39 is 0 Å². The van der Waals surface area contributed by atoms with Crippen molar-refractivity contribution in [3.63, 3.8) is 0 Å². The van der Waals surface area contributed by atoms with Crippen LogP contribution in [0, 0.1) is 0 Å². The molecule has 0 bridgehead atoms. The molecule has 0 radical (unpaired) electrons. The minimum Gasteiger partial charge on any atom is -0.486 e. The van der Waals surface area contributed by atoms with Gasteiger partial charge in [0.2, 0.25) is 0 Å². The molecule has 2 aliphatic rings. The summed E-state index contributed by atoms with van der Waals surface area (Å²) in [6.45, 7) is 9.00. The van der Waals surface area contributed by atoms with Gasteiger partial charge < -0.3 is 15.2 Å². The summed E-state index contributed by atoms with van der Waals surface area (Å²) in [5, 5.41) is 0. The second-order valence-corrected chi connectivity index (χ2v) is 8.13. The molecule has 1 aromatic carbocycles. The molecule has 0 aromatic heterocycles. The molecule has 0 amide bonds. The molecule has 2 aliphatic heterocycles. The lowest BCUT2D eigenvalue weighted by Gasteiger charge is -2.24. The molecule has 0 atom stereocenters. The van der Waals surface area contributed by atoms with E-state index in [9.17, 15) is 0 Å². The van der Waals surface area contributed by atoms with Crippen LogP contribution in [0.2, 0.25) is 0 Å². The lowest BCUT2D eigenvalue weighted by molar-refractivity contribution is 0.171. The molecule has 3 rings (SSSR count). The highest BCUT2D eigenvalue weighted by Gasteiger charge is 2.24. The van der Waals surface area contributed by atoms with E-state index in [1.807, 2.05) is 12.1 Å². The number of fused-ring (bicyclic) bond motifs is 1. The molecular weight excluding hydrogens is 284 g/mol. The zero-order valence-corrected chi connectivity index (χ0v) is 13.7. The van der Waals surface area contributed by atoms with Crippen molar-refractivity contribution >= 4 is 17.4 Å². The minimum absolute atomic E-state index is 0.382. The van der Waals surface area contributed by atoms with Crippen molar-refractivity contribution < 1.29 is 9.47 Å². The van der Waals surface area contributed by atoms with Crippen LogP contribution < -0.4 is 15.2 Å². The monoisotopic (exact) mass is 308 g/mol. The van der Waals surface area contributed by atoms with Crippen molar-refractivity contribution in [1.29, 1.82) is 0 Å². The van der Waals surface area contributed by atoms with E-state index in [2.05, 4.69) is 30.5 Å². The van der Waals surface area contributed by atoms with Crippen molar-refractivity contribution in [3.05, 3.63) is 17.7 Å². The SMILES string of the molecule is CC1(C)CCN(Cc2cc3c(cc2N)OCCO3)CCS1. The molecule has 21 heavy (non-hydrogen) atoms. The number of benzene rings is 1. The summed E-state index contributed by atoms with van der Waals surface area (Å²) in [7, 11) is 0. The van der Waals surface area contributed by atoms with E-state index in [1.165, 1.54) is 12.2 Å². The van der Waals surface area contributed by atoms with Crippen molar-refractivity contribution in [2.45, 2.75) is 31.6 Å². The molecule has 2 N–H and O–H groups in total. The van der Waals surface area contributed by atoms with Crippen molar-refractivity contribution in [2.24, 2.45) is 0 Å². The van der Waals surface area contributed by atoms with Crippen LogP contribution in [0.25, 0.3) is 0 Å². The second kappa shape index (κ2) is 5.97. The molecule has 0 spiro atoms. The van der Waals surface area contributed by atoms with E-state index in [0.29, 0.717) is 18.0 Å². The average Bonchev–Trinajstić information content (AvgIpc) is 2.61. The van der Waals surface area contributed by atoms with Gasteiger partial charge in [-0.25, -0.2) is 0 Å². The van der Waals surface area contributed by atoms with Crippen molar-refractivity contribution in [1.82, 2.24) is 4.90 Å². The maximum absolute atomic E-state index is 6.19. The van der Waals surface area contributed by atoms with Gasteiger partial charge in [0.25, 0.3) is 0 Å². The highest BCUT2D eigenvalue weighted by molar-refractivity contribution is 8.00. The van der Waals surface area contributed by atoms with Crippen molar-refractivity contribution in [3.8, 4) is 11.5 Å². The smallest absolute Gasteiger partial charge is 0.163 e. The second-order valence-electron chi connectivity index (χ2n) is 6.33. The zero-order chi connectivity index (χ0) is 14.9. The molecule has 4 nitrogen and oxygen atoms in total. The molecule has 0 aliphatic carbocycles. The molecule has 1 aromatic rings. The minimum atomic E-state index is 0.382. The Balaban J connectivity index is 1.72. The average molecular weight is 308 g/mol. The maximum atomic E-state index is 6.19. The third-order valence-electron chi connectivity index (χ3n) is 4.13. The van der Waals surface area contributed by atoms with Crippen LogP contribution in [0.3, 0.4) is 0 Å². The predicted molar refractivity (Wildman–Crippen MR) is 88.3 cm³/mol. The van der Waals surface area contributed by atoms with E-state index in [4.69, 9.17) is 15.2 Å². The number of rotatable bonds is 2. The lowest BCUT2D eigenvalue weighted by Crippen LogP contribution is -2.27. The number of nitrogens with zero attached hydrogens (tertiary/aromatic N) is 1. The van der Waals surface area contributed by atoms with Crippen LogP contribution in [0.4, 0.5) is 5.69 Å². The number of anilines is 1. The normalized spacial score (nSPS) is 21.8. The van der Waals surface area contributed by atoms with Crippen LogP contribution >= 0.6 is 11.8 Å². The fourth-order valence-corrected chi connectivity index (χ4v) is 3.88. The molecular formula is C16H24N2O2S. The van der Waals surface area contributed by atoms with E-state index >= 15 is 0 Å². The quantitative estimate of drug-likeness (QED) is 0.851. The van der Waals surface area contributed by atoms with Gasteiger partial charge in [0, 0.05) is 35.3 Å². The summed E-state index contributed by atoms with van der Waals surface area (Å²) in [5.41, 5.74) is 8.13. The van der Waals surface area contributed by atoms with Crippen LogP contribution in [0.15, 0.2) is 12.1 Å². The molecule has 116 valence electrons. The Morgan fingerprint density at radius 2 is 1.90 bits per heavy atom.